The molecule has 30 heavy (non-hydrogen) atoms. The summed E-state index contributed by atoms with van der Waals surface area (Å²) in [4.78, 5) is 28.8. The number of hydroxylamine groups is 1. The van der Waals surface area contributed by atoms with Crippen molar-refractivity contribution in [3.63, 3.8) is 0 Å². The summed E-state index contributed by atoms with van der Waals surface area (Å²) < 4.78 is 1.73. The Balaban J connectivity index is 1.62. The molecule has 2 N–H and O–H groups in total. The lowest BCUT2D eigenvalue weighted by molar-refractivity contribution is 0.0706. The fourth-order valence-electron chi connectivity index (χ4n) is 3.45. The van der Waals surface area contributed by atoms with Crippen molar-refractivity contribution in [2.45, 2.75) is 13.3 Å². The first-order chi connectivity index (χ1) is 14.4. The van der Waals surface area contributed by atoms with E-state index in [0.29, 0.717) is 11.1 Å². The molecular formula is C23H20N4O3. The van der Waals surface area contributed by atoms with E-state index in [1.54, 1.807) is 22.4 Å². The Morgan fingerprint density at radius 3 is 2.60 bits per heavy atom. The van der Waals surface area contributed by atoms with E-state index in [-0.39, 0.29) is 17.8 Å². The summed E-state index contributed by atoms with van der Waals surface area (Å²) in [7, 11) is 1.86. The Morgan fingerprint density at radius 1 is 1.03 bits per heavy atom. The molecule has 0 aliphatic carbocycles. The highest BCUT2D eigenvalue weighted by Gasteiger charge is 2.12. The molecule has 2 aromatic heterocycles. The van der Waals surface area contributed by atoms with Gasteiger partial charge in [-0.3, -0.25) is 24.5 Å². The van der Waals surface area contributed by atoms with Crippen molar-refractivity contribution in [3.05, 3.63) is 83.3 Å². The maximum Gasteiger partial charge on any atom is 0.276 e. The number of Topliss-reactive ketones (excluding diaryl/α,β-unsaturated/α-hetero) is 1. The third kappa shape index (κ3) is 3.97. The number of benzene rings is 2. The summed E-state index contributed by atoms with van der Waals surface area (Å²) in [6.45, 7) is 1.96. The number of carbonyl (C=O) groups excluding carboxylic acids is 2. The van der Waals surface area contributed by atoms with Gasteiger partial charge in [-0.25, -0.2) is 5.48 Å². The van der Waals surface area contributed by atoms with Crippen LogP contribution in [-0.4, -0.2) is 31.7 Å². The number of ketones is 1. The minimum absolute atomic E-state index is 0.000375. The van der Waals surface area contributed by atoms with Gasteiger partial charge in [-0.05, 0) is 53.9 Å². The van der Waals surface area contributed by atoms with E-state index in [1.165, 1.54) is 6.20 Å². The quantitative estimate of drug-likeness (QED) is 0.304. The number of amides is 1. The molecule has 0 radical (unpaired) electrons. The van der Waals surface area contributed by atoms with E-state index >= 15 is 0 Å². The second-order valence-corrected chi connectivity index (χ2v) is 7.28. The van der Waals surface area contributed by atoms with Crippen LogP contribution in [0.3, 0.4) is 0 Å². The molecule has 2 heterocycles. The van der Waals surface area contributed by atoms with Crippen LogP contribution in [0.25, 0.3) is 22.0 Å². The van der Waals surface area contributed by atoms with Crippen molar-refractivity contribution in [1.82, 2.24) is 20.2 Å². The summed E-state index contributed by atoms with van der Waals surface area (Å²) in [5.74, 6) is -0.631. The van der Waals surface area contributed by atoms with Crippen LogP contribution in [0, 0.1) is 6.92 Å². The normalized spacial score (nSPS) is 10.9. The second kappa shape index (κ2) is 7.88. The predicted molar refractivity (Wildman–Crippen MR) is 112 cm³/mol. The number of fused-ring (bicyclic) bond motifs is 1. The second-order valence-electron chi connectivity index (χ2n) is 7.28. The molecule has 0 aliphatic rings. The number of aromatic nitrogens is 3. The largest absolute Gasteiger partial charge is 0.294 e. The molecule has 7 nitrogen and oxygen atoms in total. The highest BCUT2D eigenvalue weighted by molar-refractivity contribution is 6.00. The van der Waals surface area contributed by atoms with Crippen LogP contribution in [0.2, 0.25) is 0 Å². The van der Waals surface area contributed by atoms with Gasteiger partial charge < -0.3 is 0 Å². The molecule has 0 saturated carbocycles. The Morgan fingerprint density at radius 2 is 1.87 bits per heavy atom. The zero-order valence-electron chi connectivity index (χ0n) is 16.6. The van der Waals surface area contributed by atoms with Gasteiger partial charge in [0.25, 0.3) is 5.91 Å². The van der Waals surface area contributed by atoms with Crippen LogP contribution in [0.5, 0.6) is 0 Å². The molecule has 0 aliphatic heterocycles. The van der Waals surface area contributed by atoms with Crippen LogP contribution in [0.1, 0.15) is 31.8 Å². The zero-order chi connectivity index (χ0) is 21.3. The van der Waals surface area contributed by atoms with E-state index in [4.69, 9.17) is 5.21 Å². The Kier molecular flexibility index (Phi) is 5.12. The van der Waals surface area contributed by atoms with Crippen molar-refractivity contribution < 1.29 is 14.8 Å². The minimum Gasteiger partial charge on any atom is -0.294 e. The highest BCUT2D eigenvalue weighted by atomic mass is 16.5. The maximum atomic E-state index is 13.0. The van der Waals surface area contributed by atoms with E-state index in [1.807, 2.05) is 56.6 Å². The predicted octanol–water partition coefficient (Wildman–Crippen LogP) is 3.49. The van der Waals surface area contributed by atoms with E-state index in [9.17, 15) is 9.59 Å². The monoisotopic (exact) mass is 400 g/mol. The van der Waals surface area contributed by atoms with Gasteiger partial charge in [0, 0.05) is 42.4 Å². The molecule has 1 amide bonds. The first-order valence-corrected chi connectivity index (χ1v) is 9.40. The first-order valence-electron chi connectivity index (χ1n) is 9.40. The first kappa shape index (κ1) is 19.5. The van der Waals surface area contributed by atoms with Gasteiger partial charge in [0.15, 0.2) is 5.78 Å². The van der Waals surface area contributed by atoms with Gasteiger partial charge in [-0.15, -0.1) is 0 Å². The third-order valence-electron chi connectivity index (χ3n) is 4.91. The van der Waals surface area contributed by atoms with Crippen molar-refractivity contribution in [2.24, 2.45) is 7.05 Å². The van der Waals surface area contributed by atoms with Crippen LogP contribution < -0.4 is 5.48 Å². The molecular weight excluding hydrogens is 380 g/mol. The van der Waals surface area contributed by atoms with Crippen LogP contribution in [-0.2, 0) is 13.5 Å². The van der Waals surface area contributed by atoms with Gasteiger partial charge in [0.1, 0.15) is 0 Å². The van der Waals surface area contributed by atoms with Gasteiger partial charge in [0.2, 0.25) is 0 Å². The number of hydrogen-bond acceptors (Lipinski definition) is 5. The fraction of sp³-hybridized carbons (Fsp3) is 0.130. The number of carbonyl (C=O) groups is 2. The molecule has 7 heteroatoms. The summed E-state index contributed by atoms with van der Waals surface area (Å²) >= 11 is 0. The smallest absolute Gasteiger partial charge is 0.276 e. The minimum atomic E-state index is -0.631. The molecule has 150 valence electrons. The van der Waals surface area contributed by atoms with E-state index in [2.05, 4.69) is 10.1 Å². The van der Waals surface area contributed by atoms with Gasteiger partial charge >= 0.3 is 0 Å². The standard InChI is InChI=1S/C23H20N4O3/c1-14-5-16(20-12-25-27(2)13-20)9-18(6-14)22(28)8-15-3-4-21-17(7-15)10-19(11-24-21)23(29)26-30/h3-7,9-13,30H,8H2,1-2H3,(H,26,29). The molecule has 0 spiro atoms. The third-order valence-corrected chi connectivity index (χ3v) is 4.91. The van der Waals surface area contributed by atoms with E-state index in [0.717, 1.165) is 27.6 Å². The van der Waals surface area contributed by atoms with Crippen LogP contribution in [0.4, 0.5) is 0 Å². The van der Waals surface area contributed by atoms with E-state index < -0.39 is 5.91 Å². The molecule has 0 fully saturated rings. The molecule has 4 rings (SSSR count). The topological polar surface area (TPSA) is 97.1 Å². The number of pyridine rings is 1. The summed E-state index contributed by atoms with van der Waals surface area (Å²) in [5, 5.41) is 13.7. The van der Waals surface area contributed by atoms with Crippen molar-refractivity contribution in [1.29, 1.82) is 0 Å². The average Bonchev–Trinajstić information content (AvgIpc) is 3.18. The summed E-state index contributed by atoms with van der Waals surface area (Å²) in [6.07, 6.45) is 5.31. The van der Waals surface area contributed by atoms with Gasteiger partial charge in [0.05, 0.1) is 17.3 Å². The molecule has 0 unspecified atom stereocenters. The van der Waals surface area contributed by atoms with Crippen LogP contribution in [0.15, 0.2) is 61.1 Å². The lowest BCUT2D eigenvalue weighted by Gasteiger charge is -2.08. The molecule has 4 aromatic rings. The molecule has 2 aromatic carbocycles. The number of aryl methyl sites for hydroxylation is 2. The average molecular weight is 400 g/mol. The fourth-order valence-corrected chi connectivity index (χ4v) is 3.45. The lowest BCUT2D eigenvalue weighted by atomic mass is 9.96. The number of rotatable bonds is 5. The Labute approximate surface area is 173 Å². The number of nitrogens with zero attached hydrogens (tertiary/aromatic N) is 3. The molecule has 0 saturated heterocycles. The Hall–Kier alpha value is -3.84. The number of hydrogen-bond donors (Lipinski definition) is 2. The van der Waals surface area contributed by atoms with Gasteiger partial charge in [-0.1, -0.05) is 12.1 Å². The number of nitrogens with one attached hydrogen (secondary N) is 1. The molecule has 0 bridgehead atoms. The molecule has 0 atom stereocenters. The van der Waals surface area contributed by atoms with Gasteiger partial charge in [-0.2, -0.15) is 5.10 Å². The van der Waals surface area contributed by atoms with Crippen molar-refractivity contribution in [3.8, 4) is 11.1 Å². The van der Waals surface area contributed by atoms with Crippen LogP contribution >= 0.6 is 0 Å². The Bertz CT molecular complexity index is 1280. The lowest BCUT2D eigenvalue weighted by Crippen LogP contribution is -2.18. The summed E-state index contributed by atoms with van der Waals surface area (Å²) in [5.41, 5.74) is 6.92. The SMILES string of the molecule is Cc1cc(C(=O)Cc2ccc3ncc(C(=O)NO)cc3c2)cc(-c2cnn(C)c2)c1. The van der Waals surface area contributed by atoms with Crippen molar-refractivity contribution in [2.75, 3.05) is 0 Å². The summed E-state index contributed by atoms with van der Waals surface area (Å²) in [6, 6.07) is 12.9. The zero-order valence-corrected chi connectivity index (χ0v) is 16.6. The highest BCUT2D eigenvalue weighted by Crippen LogP contribution is 2.23. The maximum absolute atomic E-state index is 13.0. The van der Waals surface area contributed by atoms with Crippen molar-refractivity contribution >= 4 is 22.6 Å².